The van der Waals surface area contributed by atoms with Gasteiger partial charge in [0.05, 0.1) is 0 Å². The predicted octanol–water partition coefficient (Wildman–Crippen LogP) is 14.7. The summed E-state index contributed by atoms with van der Waals surface area (Å²) in [6, 6.07) is 0. The first-order valence-electron chi connectivity index (χ1n) is 21.0. The van der Waals surface area contributed by atoms with Crippen LogP contribution < -0.4 is 0 Å². The fourth-order valence-electron chi connectivity index (χ4n) is 7.25. The molecule has 0 aromatic carbocycles. The molecule has 262 valence electrons. The van der Waals surface area contributed by atoms with E-state index in [1.54, 1.807) is 0 Å². The zero-order chi connectivity index (χ0) is 31.6. The Balaban J connectivity index is 2.19. The second-order valence-electron chi connectivity index (χ2n) is 14.6. The predicted molar refractivity (Wildman–Crippen MR) is 200 cm³/mol. The normalized spacial score (nSPS) is 14.8. The smallest absolute Gasteiger partial charge is 0.101 e. The van der Waals surface area contributed by atoms with E-state index in [-0.39, 0.29) is 0 Å². The van der Waals surface area contributed by atoms with Crippen molar-refractivity contribution in [2.75, 3.05) is 13.1 Å². The first-order chi connectivity index (χ1) is 21.8. The molecule has 0 spiro atoms. The fourth-order valence-corrected chi connectivity index (χ4v) is 7.25. The zero-order valence-electron chi connectivity index (χ0n) is 31.1. The third-order valence-corrected chi connectivity index (χ3v) is 10.3. The van der Waals surface area contributed by atoms with Gasteiger partial charge in [-0.1, -0.05) is 213 Å². The summed E-state index contributed by atoms with van der Waals surface area (Å²) in [5.41, 5.74) is 0. The largest absolute Gasteiger partial charge is 0.356 e. The molecule has 0 amide bonds. The molecule has 0 saturated carbocycles. The van der Waals surface area contributed by atoms with Gasteiger partial charge in [0.25, 0.3) is 0 Å². The minimum Gasteiger partial charge on any atom is -0.356 e. The van der Waals surface area contributed by atoms with E-state index in [0.717, 1.165) is 0 Å². The molecule has 1 atom stereocenters. The summed E-state index contributed by atoms with van der Waals surface area (Å²) in [4.78, 5) is 5.44. The van der Waals surface area contributed by atoms with E-state index in [9.17, 15) is 0 Å². The van der Waals surface area contributed by atoms with E-state index in [2.05, 4.69) is 43.0 Å². The fraction of sp³-hybridized carbons (Fsp3) is 0.952. The van der Waals surface area contributed by atoms with E-state index in [4.69, 9.17) is 0 Å². The molecule has 1 aliphatic rings. The second-order valence-corrected chi connectivity index (χ2v) is 14.6. The highest BCUT2D eigenvalue weighted by Gasteiger charge is 2.24. The molecule has 0 saturated heterocycles. The summed E-state index contributed by atoms with van der Waals surface area (Å²) in [7, 11) is 0. The van der Waals surface area contributed by atoms with Crippen LogP contribution in [0.2, 0.25) is 0 Å². The first kappa shape index (κ1) is 41.4. The van der Waals surface area contributed by atoms with Gasteiger partial charge in [-0.05, 0) is 25.7 Å². The van der Waals surface area contributed by atoms with Crippen LogP contribution in [0.1, 0.15) is 239 Å². The van der Waals surface area contributed by atoms with Gasteiger partial charge in [-0.3, -0.25) is 0 Å². The van der Waals surface area contributed by atoms with Gasteiger partial charge in [-0.15, -0.1) is 0 Å². The molecule has 1 rings (SSSR count). The lowest BCUT2D eigenvalue weighted by Gasteiger charge is -2.33. The van der Waals surface area contributed by atoms with Crippen molar-refractivity contribution >= 4 is 0 Å². The molecule has 1 heterocycles. The first-order valence-corrected chi connectivity index (χ1v) is 21.0. The van der Waals surface area contributed by atoms with Crippen molar-refractivity contribution in [2.45, 2.75) is 245 Å². The Morgan fingerprint density at radius 2 is 0.523 bits per heavy atom. The average molecular weight is 617 g/mol. The van der Waals surface area contributed by atoms with Gasteiger partial charge < -0.3 is 9.80 Å². The van der Waals surface area contributed by atoms with Crippen LogP contribution >= 0.6 is 0 Å². The highest BCUT2D eigenvalue weighted by atomic mass is 15.4. The topological polar surface area (TPSA) is 6.48 Å². The van der Waals surface area contributed by atoms with Crippen LogP contribution in [0.3, 0.4) is 0 Å². The van der Waals surface area contributed by atoms with Crippen molar-refractivity contribution in [1.82, 2.24) is 9.80 Å². The Labute approximate surface area is 280 Å². The van der Waals surface area contributed by atoms with Crippen molar-refractivity contribution in [3.63, 3.8) is 0 Å². The average Bonchev–Trinajstić information content (AvgIpc) is 3.42. The van der Waals surface area contributed by atoms with Crippen molar-refractivity contribution in [3.05, 3.63) is 12.4 Å². The van der Waals surface area contributed by atoms with Gasteiger partial charge in [-0.25, -0.2) is 0 Å². The Morgan fingerprint density at radius 3 is 0.795 bits per heavy atom. The maximum atomic E-state index is 2.72. The molecule has 0 aliphatic carbocycles. The molecule has 0 radical (unpaired) electrons. The van der Waals surface area contributed by atoms with Gasteiger partial charge in [-0.2, -0.15) is 0 Å². The molecular formula is C42H84N2. The molecule has 1 aliphatic heterocycles. The van der Waals surface area contributed by atoms with Crippen LogP contribution in [0.15, 0.2) is 12.4 Å². The molecule has 2 heteroatoms. The lowest BCUT2D eigenvalue weighted by molar-refractivity contribution is 0.135. The number of nitrogens with zero attached hydrogens (tertiary/aromatic N) is 2. The molecule has 44 heavy (non-hydrogen) atoms. The van der Waals surface area contributed by atoms with Gasteiger partial charge in [0.2, 0.25) is 0 Å². The standard InChI is InChI=1S/C42H84N2/c1-4-7-10-13-16-18-20-22-24-26-28-31-34-37-42-43(38-35-32-29-15-12-9-6-3)40-41-44(42)39-36-33-30-27-25-23-21-19-17-14-11-8-5-2/h40-42H,4-39H2,1-3H3. The maximum Gasteiger partial charge on any atom is 0.101 e. The summed E-state index contributed by atoms with van der Waals surface area (Å²) in [6.07, 6.45) is 54.4. The Bertz CT molecular complexity index is 572. The van der Waals surface area contributed by atoms with Gasteiger partial charge >= 0.3 is 0 Å². The molecule has 1 unspecified atom stereocenters. The van der Waals surface area contributed by atoms with Gasteiger partial charge in [0.15, 0.2) is 0 Å². The van der Waals surface area contributed by atoms with Crippen molar-refractivity contribution < 1.29 is 0 Å². The van der Waals surface area contributed by atoms with Crippen LogP contribution in [0, 0.1) is 0 Å². The zero-order valence-corrected chi connectivity index (χ0v) is 31.1. The molecule has 0 aromatic heterocycles. The molecule has 0 fully saturated rings. The second kappa shape index (κ2) is 33.7. The number of unbranched alkanes of at least 4 members (excludes halogenated alkanes) is 30. The quantitative estimate of drug-likeness (QED) is 0.0646. The minimum absolute atomic E-state index is 0.639. The Kier molecular flexibility index (Phi) is 31.7. The molecular weight excluding hydrogens is 532 g/mol. The lowest BCUT2D eigenvalue weighted by atomic mass is 10.0. The number of rotatable bonds is 36. The Morgan fingerprint density at radius 1 is 0.295 bits per heavy atom. The van der Waals surface area contributed by atoms with Crippen molar-refractivity contribution in [3.8, 4) is 0 Å². The summed E-state index contributed by atoms with van der Waals surface area (Å²) in [5, 5.41) is 0. The van der Waals surface area contributed by atoms with Crippen LogP contribution in [0.5, 0.6) is 0 Å². The van der Waals surface area contributed by atoms with Gasteiger partial charge in [0, 0.05) is 25.5 Å². The van der Waals surface area contributed by atoms with E-state index in [1.165, 1.54) is 231 Å². The molecule has 0 aromatic rings. The minimum atomic E-state index is 0.639. The van der Waals surface area contributed by atoms with Crippen LogP contribution in [-0.2, 0) is 0 Å². The SMILES string of the molecule is CCCCCCCCCCCCCCCC1N(CCCCCCCCC)C=CN1CCCCCCCCCCCCCCC. The Hall–Kier alpha value is -0.660. The van der Waals surface area contributed by atoms with E-state index in [1.807, 2.05) is 0 Å². The third kappa shape index (κ3) is 25.5. The summed E-state index contributed by atoms with van der Waals surface area (Å²) in [6.45, 7) is 9.48. The molecule has 2 nitrogen and oxygen atoms in total. The van der Waals surface area contributed by atoms with E-state index < -0.39 is 0 Å². The monoisotopic (exact) mass is 617 g/mol. The summed E-state index contributed by atoms with van der Waals surface area (Å²) >= 11 is 0. The van der Waals surface area contributed by atoms with Gasteiger partial charge in [0.1, 0.15) is 6.17 Å². The molecule has 0 bridgehead atoms. The summed E-state index contributed by atoms with van der Waals surface area (Å²) < 4.78 is 0. The number of hydrogen-bond donors (Lipinski definition) is 0. The van der Waals surface area contributed by atoms with Crippen molar-refractivity contribution in [2.24, 2.45) is 0 Å². The third-order valence-electron chi connectivity index (χ3n) is 10.3. The lowest BCUT2D eigenvalue weighted by Crippen LogP contribution is -2.39. The molecule has 0 N–H and O–H groups in total. The summed E-state index contributed by atoms with van der Waals surface area (Å²) in [5.74, 6) is 0. The van der Waals surface area contributed by atoms with E-state index >= 15 is 0 Å². The van der Waals surface area contributed by atoms with Crippen molar-refractivity contribution in [1.29, 1.82) is 0 Å². The van der Waals surface area contributed by atoms with E-state index in [0.29, 0.717) is 6.17 Å². The highest BCUT2D eigenvalue weighted by molar-refractivity contribution is 4.97. The van der Waals surface area contributed by atoms with Crippen LogP contribution in [0.25, 0.3) is 0 Å². The highest BCUT2D eigenvalue weighted by Crippen LogP contribution is 2.24. The maximum absolute atomic E-state index is 2.72. The van der Waals surface area contributed by atoms with Crippen LogP contribution in [-0.4, -0.2) is 29.1 Å². The van der Waals surface area contributed by atoms with Crippen LogP contribution in [0.4, 0.5) is 0 Å². The number of hydrogen-bond acceptors (Lipinski definition) is 2.